The Morgan fingerprint density at radius 1 is 1.44 bits per heavy atom. The zero-order valence-corrected chi connectivity index (χ0v) is 15.7. The van der Waals surface area contributed by atoms with E-state index >= 15 is 0 Å². The Morgan fingerprint density at radius 2 is 2.26 bits per heavy atom. The predicted octanol–water partition coefficient (Wildman–Crippen LogP) is 1.58. The molecule has 1 atom stereocenters. The first kappa shape index (κ1) is 19.5. The van der Waals surface area contributed by atoms with Crippen LogP contribution in [0.5, 0.6) is 0 Å². The van der Waals surface area contributed by atoms with Crippen LogP contribution in [0.2, 0.25) is 0 Å². The van der Waals surface area contributed by atoms with Gasteiger partial charge < -0.3 is 15.4 Å². The van der Waals surface area contributed by atoms with E-state index in [9.17, 15) is 13.2 Å². The Morgan fingerprint density at radius 3 is 2.93 bits per heavy atom. The summed E-state index contributed by atoms with van der Waals surface area (Å²) in [6.45, 7) is 1.16. The highest BCUT2D eigenvalue weighted by atomic mass is 32.1. The van der Waals surface area contributed by atoms with Gasteiger partial charge in [0.05, 0.1) is 13.1 Å². The maximum atomic E-state index is 12.6. The number of alkyl halides is 3. The van der Waals surface area contributed by atoms with E-state index in [0.717, 1.165) is 35.4 Å². The van der Waals surface area contributed by atoms with E-state index in [2.05, 4.69) is 30.7 Å². The first-order valence-electron chi connectivity index (χ1n) is 8.29. The van der Waals surface area contributed by atoms with E-state index in [-0.39, 0.29) is 12.6 Å². The number of hydrogen-bond donors (Lipinski definition) is 2. The fourth-order valence-electron chi connectivity index (χ4n) is 2.74. The molecule has 1 aliphatic heterocycles. The molecule has 3 rings (SSSR count). The van der Waals surface area contributed by atoms with E-state index in [1.807, 2.05) is 4.68 Å². The standard InChI is InChI=1S/C15H20F3N7OS/c1-19-14(20-5-13-22-10(8-27-13)15(16,17)18)21-9-3-4-12-23-11(7-26-2)24-25(12)6-9/h8-9H,3-7H2,1-2H3,(H2,19,20,21). The van der Waals surface area contributed by atoms with Gasteiger partial charge in [0.15, 0.2) is 17.5 Å². The average Bonchev–Trinajstić information content (AvgIpc) is 3.24. The second-order valence-electron chi connectivity index (χ2n) is 5.99. The Balaban J connectivity index is 1.54. The number of ether oxygens (including phenoxy) is 1. The van der Waals surface area contributed by atoms with Crippen LogP contribution in [0.25, 0.3) is 0 Å². The van der Waals surface area contributed by atoms with Crippen LogP contribution in [-0.2, 0) is 37.0 Å². The fourth-order valence-corrected chi connectivity index (χ4v) is 3.48. The van der Waals surface area contributed by atoms with Crippen LogP contribution in [0.4, 0.5) is 13.2 Å². The van der Waals surface area contributed by atoms with Crippen LogP contribution in [0.15, 0.2) is 10.4 Å². The SMILES string of the molecule is CN=C(NCc1nc(C(F)(F)F)cs1)NC1CCc2nc(COC)nn2C1. The molecule has 3 heterocycles. The molecule has 2 aromatic heterocycles. The molecule has 2 N–H and O–H groups in total. The van der Waals surface area contributed by atoms with Crippen LogP contribution in [-0.4, -0.2) is 45.9 Å². The van der Waals surface area contributed by atoms with Crippen molar-refractivity contribution in [3.63, 3.8) is 0 Å². The van der Waals surface area contributed by atoms with Gasteiger partial charge in [-0.2, -0.15) is 18.3 Å². The lowest BCUT2D eigenvalue weighted by Crippen LogP contribution is -2.46. The number of nitrogens with zero attached hydrogens (tertiary/aromatic N) is 5. The number of nitrogens with one attached hydrogen (secondary N) is 2. The smallest absolute Gasteiger partial charge is 0.377 e. The van der Waals surface area contributed by atoms with E-state index in [1.54, 1.807) is 14.2 Å². The normalized spacial score (nSPS) is 17.7. The molecule has 27 heavy (non-hydrogen) atoms. The van der Waals surface area contributed by atoms with E-state index in [0.29, 0.717) is 29.9 Å². The van der Waals surface area contributed by atoms with Crippen molar-refractivity contribution < 1.29 is 17.9 Å². The molecule has 0 bridgehead atoms. The summed E-state index contributed by atoms with van der Waals surface area (Å²) in [5.74, 6) is 2.08. The van der Waals surface area contributed by atoms with Crippen LogP contribution in [0.3, 0.4) is 0 Å². The van der Waals surface area contributed by atoms with E-state index in [4.69, 9.17) is 4.74 Å². The van der Waals surface area contributed by atoms with Crippen molar-refractivity contribution in [2.75, 3.05) is 14.2 Å². The molecule has 0 fully saturated rings. The highest BCUT2D eigenvalue weighted by molar-refractivity contribution is 7.09. The van der Waals surface area contributed by atoms with Crippen LogP contribution < -0.4 is 10.6 Å². The van der Waals surface area contributed by atoms with Gasteiger partial charge in [0.25, 0.3) is 0 Å². The monoisotopic (exact) mass is 403 g/mol. The molecule has 2 aromatic rings. The Hall–Kier alpha value is -2.21. The molecular weight excluding hydrogens is 383 g/mol. The molecule has 1 aliphatic rings. The number of aliphatic imine (C=N–C) groups is 1. The minimum atomic E-state index is -4.42. The summed E-state index contributed by atoms with van der Waals surface area (Å²) in [5, 5.41) is 12.0. The van der Waals surface area contributed by atoms with Gasteiger partial charge in [0.2, 0.25) is 0 Å². The third-order valence-electron chi connectivity index (χ3n) is 3.99. The number of aromatic nitrogens is 4. The minimum Gasteiger partial charge on any atom is -0.377 e. The number of thiazole rings is 1. The highest BCUT2D eigenvalue weighted by Gasteiger charge is 2.33. The predicted molar refractivity (Wildman–Crippen MR) is 93.3 cm³/mol. The van der Waals surface area contributed by atoms with Crippen LogP contribution >= 0.6 is 11.3 Å². The van der Waals surface area contributed by atoms with Gasteiger partial charge in [-0.1, -0.05) is 0 Å². The summed E-state index contributed by atoms with van der Waals surface area (Å²) in [6, 6.07) is 0.0859. The molecule has 0 radical (unpaired) electrons. The number of guanidine groups is 1. The quantitative estimate of drug-likeness (QED) is 0.582. The molecular formula is C15H20F3N7OS. The summed E-state index contributed by atoms with van der Waals surface area (Å²) in [5.41, 5.74) is -0.870. The van der Waals surface area contributed by atoms with Crippen molar-refractivity contribution in [2.24, 2.45) is 4.99 Å². The zero-order chi connectivity index (χ0) is 19.4. The Kier molecular flexibility index (Phi) is 5.95. The van der Waals surface area contributed by atoms with Gasteiger partial charge in [-0.25, -0.2) is 14.6 Å². The van der Waals surface area contributed by atoms with Crippen molar-refractivity contribution in [1.29, 1.82) is 0 Å². The van der Waals surface area contributed by atoms with Crippen LogP contribution in [0.1, 0.15) is 28.8 Å². The van der Waals surface area contributed by atoms with Crippen molar-refractivity contribution in [3.8, 4) is 0 Å². The molecule has 0 aromatic carbocycles. The summed E-state index contributed by atoms with van der Waals surface area (Å²) in [6.07, 6.45) is -2.80. The number of halogens is 3. The van der Waals surface area contributed by atoms with Gasteiger partial charge >= 0.3 is 6.18 Å². The molecule has 0 saturated carbocycles. The largest absolute Gasteiger partial charge is 0.434 e. The van der Waals surface area contributed by atoms with Crippen molar-refractivity contribution >= 4 is 17.3 Å². The molecule has 12 heteroatoms. The maximum absolute atomic E-state index is 12.6. The summed E-state index contributed by atoms with van der Waals surface area (Å²) in [7, 11) is 3.21. The lowest BCUT2D eigenvalue weighted by molar-refractivity contribution is -0.140. The number of methoxy groups -OCH3 is 1. The molecule has 0 saturated heterocycles. The number of aryl methyl sites for hydroxylation is 1. The second kappa shape index (κ2) is 8.21. The van der Waals surface area contributed by atoms with Gasteiger partial charge in [0, 0.05) is 32.0 Å². The molecule has 0 aliphatic carbocycles. The van der Waals surface area contributed by atoms with E-state index < -0.39 is 11.9 Å². The van der Waals surface area contributed by atoms with Crippen molar-refractivity contribution in [1.82, 2.24) is 30.4 Å². The Labute approximate surface area is 157 Å². The lowest BCUT2D eigenvalue weighted by Gasteiger charge is -2.25. The first-order valence-corrected chi connectivity index (χ1v) is 9.17. The molecule has 0 spiro atoms. The third-order valence-corrected chi connectivity index (χ3v) is 4.84. The van der Waals surface area contributed by atoms with Gasteiger partial charge in [-0.05, 0) is 6.42 Å². The zero-order valence-electron chi connectivity index (χ0n) is 14.9. The molecule has 1 unspecified atom stereocenters. The topological polar surface area (TPSA) is 89.2 Å². The first-order chi connectivity index (χ1) is 12.9. The minimum absolute atomic E-state index is 0.0859. The van der Waals surface area contributed by atoms with Gasteiger partial charge in [0.1, 0.15) is 17.4 Å². The number of hydrogen-bond acceptors (Lipinski definition) is 6. The van der Waals surface area contributed by atoms with Crippen molar-refractivity contribution in [3.05, 3.63) is 27.7 Å². The third kappa shape index (κ3) is 4.95. The Bertz CT molecular complexity index is 802. The highest BCUT2D eigenvalue weighted by Crippen LogP contribution is 2.29. The number of fused-ring (bicyclic) bond motifs is 1. The van der Waals surface area contributed by atoms with Gasteiger partial charge in [-0.15, -0.1) is 11.3 Å². The van der Waals surface area contributed by atoms with Gasteiger partial charge in [-0.3, -0.25) is 4.99 Å². The number of rotatable bonds is 5. The second-order valence-corrected chi connectivity index (χ2v) is 6.93. The summed E-state index contributed by atoms with van der Waals surface area (Å²) < 4.78 is 44.7. The van der Waals surface area contributed by atoms with Crippen molar-refractivity contribution in [2.45, 2.75) is 44.8 Å². The molecule has 0 amide bonds. The maximum Gasteiger partial charge on any atom is 0.434 e. The average molecular weight is 403 g/mol. The summed E-state index contributed by atoms with van der Waals surface area (Å²) >= 11 is 0.962. The fraction of sp³-hybridized carbons (Fsp3) is 0.600. The summed E-state index contributed by atoms with van der Waals surface area (Å²) in [4.78, 5) is 12.2. The van der Waals surface area contributed by atoms with E-state index in [1.165, 1.54) is 0 Å². The molecule has 148 valence electrons. The van der Waals surface area contributed by atoms with Crippen LogP contribution in [0, 0.1) is 0 Å². The molecule has 8 nitrogen and oxygen atoms in total. The lowest BCUT2D eigenvalue weighted by atomic mass is 10.1.